The number of hydrogen-bond acceptors (Lipinski definition) is 4. The molecule has 29 heavy (non-hydrogen) atoms. The van der Waals surface area contributed by atoms with E-state index in [1.807, 2.05) is 42.5 Å². The second-order valence-corrected chi connectivity index (χ2v) is 7.49. The van der Waals surface area contributed by atoms with Crippen LogP contribution in [0, 0.1) is 5.82 Å². The van der Waals surface area contributed by atoms with Gasteiger partial charge in [-0.3, -0.25) is 4.79 Å². The van der Waals surface area contributed by atoms with Crippen molar-refractivity contribution in [2.24, 2.45) is 0 Å². The van der Waals surface area contributed by atoms with Crippen molar-refractivity contribution < 1.29 is 13.6 Å². The lowest BCUT2D eigenvalue weighted by Gasteiger charge is -2.34. The molecule has 0 saturated carbocycles. The van der Waals surface area contributed by atoms with Gasteiger partial charge in [0.15, 0.2) is 5.78 Å². The third-order valence-corrected chi connectivity index (χ3v) is 5.59. The molecule has 1 N–H and O–H groups in total. The first-order chi connectivity index (χ1) is 14.2. The standard InChI is InChI=1S/C24H21FN2O2/c25-17-7-3-6-16(14-17)15-27-20-10-2-1-8-18(20)26-19-9-4-11-21(28)23(19)24(27)22-12-5-13-29-22/h1-3,5-8,10,12-14,24,26H,4,9,11,15H2/t24-/m1/s1. The third kappa shape index (κ3) is 3.23. The van der Waals surface area contributed by atoms with Gasteiger partial charge in [-0.25, -0.2) is 4.39 Å². The number of halogens is 1. The Balaban J connectivity index is 1.71. The summed E-state index contributed by atoms with van der Waals surface area (Å²) in [7, 11) is 0. The van der Waals surface area contributed by atoms with E-state index in [1.165, 1.54) is 12.1 Å². The van der Waals surface area contributed by atoms with Crippen LogP contribution in [0.5, 0.6) is 0 Å². The van der Waals surface area contributed by atoms with Gasteiger partial charge in [0.2, 0.25) is 0 Å². The molecule has 0 unspecified atom stereocenters. The first-order valence-corrected chi connectivity index (χ1v) is 9.87. The summed E-state index contributed by atoms with van der Waals surface area (Å²) in [6, 6.07) is 18.0. The normalized spacial score (nSPS) is 18.7. The van der Waals surface area contributed by atoms with E-state index in [9.17, 15) is 9.18 Å². The topological polar surface area (TPSA) is 45.5 Å². The zero-order chi connectivity index (χ0) is 19.8. The van der Waals surface area contributed by atoms with Crippen LogP contribution >= 0.6 is 0 Å². The molecule has 146 valence electrons. The van der Waals surface area contributed by atoms with Crippen LogP contribution in [0.4, 0.5) is 15.8 Å². The van der Waals surface area contributed by atoms with Crippen molar-refractivity contribution in [3.8, 4) is 0 Å². The molecule has 0 bridgehead atoms. The summed E-state index contributed by atoms with van der Waals surface area (Å²) >= 11 is 0. The molecular weight excluding hydrogens is 367 g/mol. The Morgan fingerprint density at radius 3 is 2.79 bits per heavy atom. The second-order valence-electron chi connectivity index (χ2n) is 7.49. The molecule has 2 heterocycles. The molecule has 1 aromatic heterocycles. The third-order valence-electron chi connectivity index (χ3n) is 5.59. The predicted molar refractivity (Wildman–Crippen MR) is 110 cm³/mol. The molecule has 2 aromatic carbocycles. The summed E-state index contributed by atoms with van der Waals surface area (Å²) in [6.45, 7) is 0.450. The fourth-order valence-electron chi connectivity index (χ4n) is 4.35. The van der Waals surface area contributed by atoms with E-state index in [0.717, 1.165) is 41.1 Å². The van der Waals surface area contributed by atoms with Crippen molar-refractivity contribution in [1.29, 1.82) is 0 Å². The molecule has 0 saturated heterocycles. The maximum absolute atomic E-state index is 13.9. The van der Waals surface area contributed by atoms with Crippen molar-refractivity contribution in [1.82, 2.24) is 0 Å². The van der Waals surface area contributed by atoms with Gasteiger partial charge in [0.05, 0.1) is 17.6 Å². The van der Waals surface area contributed by atoms with Crippen LogP contribution < -0.4 is 10.2 Å². The van der Waals surface area contributed by atoms with Gasteiger partial charge >= 0.3 is 0 Å². The van der Waals surface area contributed by atoms with Crippen LogP contribution in [0.3, 0.4) is 0 Å². The van der Waals surface area contributed by atoms with Gasteiger partial charge in [0.1, 0.15) is 17.6 Å². The van der Waals surface area contributed by atoms with E-state index in [1.54, 1.807) is 12.3 Å². The molecule has 1 atom stereocenters. The van der Waals surface area contributed by atoms with E-state index >= 15 is 0 Å². The number of carbonyl (C=O) groups excluding carboxylic acids is 1. The monoisotopic (exact) mass is 388 g/mol. The van der Waals surface area contributed by atoms with Gasteiger partial charge in [-0.15, -0.1) is 0 Å². The number of furan rings is 1. The maximum atomic E-state index is 13.9. The zero-order valence-electron chi connectivity index (χ0n) is 15.9. The fourth-order valence-corrected chi connectivity index (χ4v) is 4.35. The summed E-state index contributed by atoms with van der Waals surface area (Å²) in [5.74, 6) is 0.576. The first kappa shape index (κ1) is 17.7. The molecule has 0 spiro atoms. The van der Waals surface area contributed by atoms with E-state index < -0.39 is 0 Å². The van der Waals surface area contributed by atoms with Gasteiger partial charge in [-0.05, 0) is 54.8 Å². The molecule has 4 nitrogen and oxygen atoms in total. The van der Waals surface area contributed by atoms with Gasteiger partial charge in [-0.2, -0.15) is 0 Å². The number of benzene rings is 2. The molecule has 0 amide bonds. The minimum atomic E-state index is -0.368. The van der Waals surface area contributed by atoms with Crippen LogP contribution in [-0.2, 0) is 11.3 Å². The predicted octanol–water partition coefficient (Wildman–Crippen LogP) is 5.60. The second kappa shape index (κ2) is 7.24. The Morgan fingerprint density at radius 1 is 1.07 bits per heavy atom. The quantitative estimate of drug-likeness (QED) is 0.634. The number of fused-ring (bicyclic) bond motifs is 1. The summed E-state index contributed by atoms with van der Waals surface area (Å²) in [6.07, 6.45) is 3.82. The smallest absolute Gasteiger partial charge is 0.163 e. The highest BCUT2D eigenvalue weighted by atomic mass is 19.1. The van der Waals surface area contributed by atoms with Gasteiger partial charge in [0, 0.05) is 24.2 Å². The molecule has 1 aliphatic carbocycles. The summed E-state index contributed by atoms with van der Waals surface area (Å²) in [4.78, 5) is 15.2. The molecule has 1 aliphatic heterocycles. The minimum absolute atomic E-state index is 0.136. The number of carbonyl (C=O) groups is 1. The summed E-state index contributed by atoms with van der Waals surface area (Å²) in [5.41, 5.74) is 4.44. The molecule has 2 aliphatic rings. The average molecular weight is 388 g/mol. The lowest BCUT2D eigenvalue weighted by molar-refractivity contribution is -0.116. The summed E-state index contributed by atoms with van der Waals surface area (Å²) < 4.78 is 19.7. The maximum Gasteiger partial charge on any atom is 0.163 e. The molecular formula is C24H21FN2O2. The van der Waals surface area contributed by atoms with Crippen LogP contribution in [0.15, 0.2) is 82.6 Å². The number of para-hydroxylation sites is 2. The lowest BCUT2D eigenvalue weighted by atomic mass is 9.88. The van der Waals surface area contributed by atoms with Crippen LogP contribution in [0.2, 0.25) is 0 Å². The number of rotatable bonds is 3. The molecule has 0 radical (unpaired) electrons. The van der Waals surface area contributed by atoms with Crippen molar-refractivity contribution in [2.45, 2.75) is 31.8 Å². The highest BCUT2D eigenvalue weighted by Crippen LogP contribution is 2.45. The Morgan fingerprint density at radius 2 is 1.97 bits per heavy atom. The highest BCUT2D eigenvalue weighted by molar-refractivity contribution is 6.00. The Hall–Kier alpha value is -3.34. The van der Waals surface area contributed by atoms with Gasteiger partial charge in [-0.1, -0.05) is 24.3 Å². The van der Waals surface area contributed by atoms with Crippen LogP contribution in [0.25, 0.3) is 0 Å². The van der Waals surface area contributed by atoms with E-state index in [4.69, 9.17) is 4.42 Å². The largest absolute Gasteiger partial charge is 0.467 e. The van der Waals surface area contributed by atoms with Gasteiger partial charge in [0.25, 0.3) is 0 Å². The molecule has 0 fully saturated rings. The van der Waals surface area contributed by atoms with Gasteiger partial charge < -0.3 is 14.6 Å². The van der Waals surface area contributed by atoms with Crippen molar-refractivity contribution in [2.75, 3.05) is 10.2 Å². The first-order valence-electron chi connectivity index (χ1n) is 9.87. The van der Waals surface area contributed by atoms with E-state index in [-0.39, 0.29) is 17.6 Å². The number of Topliss-reactive ketones (excluding diaryl/α,β-unsaturated/α-hetero) is 1. The number of allylic oxidation sites excluding steroid dienone is 1. The molecule has 5 rings (SSSR count). The molecule has 3 aromatic rings. The number of nitrogens with zero attached hydrogens (tertiary/aromatic N) is 1. The Kier molecular flexibility index (Phi) is 4.43. The zero-order valence-corrected chi connectivity index (χ0v) is 15.9. The number of anilines is 2. The average Bonchev–Trinajstić information content (AvgIpc) is 3.20. The van der Waals surface area contributed by atoms with Crippen LogP contribution in [-0.4, -0.2) is 5.78 Å². The SMILES string of the molecule is O=C1CCCC2=C1[C@@H](c1ccco1)N(Cc1cccc(F)c1)c1ccccc1N2. The van der Waals surface area contributed by atoms with Crippen molar-refractivity contribution in [3.05, 3.63) is 95.3 Å². The number of hydrogen-bond donors (Lipinski definition) is 1. The van der Waals surface area contributed by atoms with Crippen molar-refractivity contribution >= 4 is 17.2 Å². The molecule has 5 heteroatoms. The summed E-state index contributed by atoms with van der Waals surface area (Å²) in [5, 5.41) is 3.51. The highest BCUT2D eigenvalue weighted by Gasteiger charge is 2.38. The lowest BCUT2D eigenvalue weighted by Crippen LogP contribution is -2.32. The Labute approximate surface area is 168 Å². The number of ketones is 1. The fraction of sp³-hybridized carbons (Fsp3) is 0.208. The number of nitrogens with one attached hydrogen (secondary N) is 1. The van der Waals surface area contributed by atoms with Crippen molar-refractivity contribution in [3.63, 3.8) is 0 Å². The Bertz CT molecular complexity index is 1090. The van der Waals surface area contributed by atoms with E-state index in [0.29, 0.717) is 18.7 Å². The van der Waals surface area contributed by atoms with E-state index in [2.05, 4.69) is 10.2 Å². The minimum Gasteiger partial charge on any atom is -0.467 e. The van der Waals surface area contributed by atoms with Crippen LogP contribution in [0.1, 0.15) is 36.6 Å².